The van der Waals surface area contributed by atoms with E-state index in [0.717, 1.165) is 14.2 Å². The molecule has 0 bridgehead atoms. The Morgan fingerprint density at radius 2 is 0.897 bits per heavy atom. The summed E-state index contributed by atoms with van der Waals surface area (Å²) in [5.41, 5.74) is 0.340. The van der Waals surface area contributed by atoms with E-state index < -0.39 is 149 Å². The molecule has 378 valence electrons. The zero-order valence-electron chi connectivity index (χ0n) is 37.6. The van der Waals surface area contributed by atoms with Crippen molar-refractivity contribution in [1.82, 2.24) is 20.4 Å². The molecule has 2 aliphatic rings. The van der Waals surface area contributed by atoms with E-state index in [1.54, 1.807) is 36.4 Å². The number of benzene rings is 2. The fourth-order valence-corrected chi connectivity index (χ4v) is 7.30. The highest BCUT2D eigenvalue weighted by Crippen LogP contribution is 2.25. The number of rotatable bonds is 25. The van der Waals surface area contributed by atoms with Gasteiger partial charge in [-0.05, 0) is 37.1 Å². The molecule has 24 heteroatoms. The van der Waals surface area contributed by atoms with Crippen molar-refractivity contribution in [2.24, 2.45) is 0 Å². The SMILES string of the molecule is COC(=O)CNC(=O)C(CO[C@H]1O[C@H](CO)[C@@H](O)[C@H](O)[C@@H]1O)N(CCCCCCN(C(=O)c1ccccc1)C(CO[C@H]1O[C@H](CO)[C@@H](O)[C@H](O)[C@@H]1O)C(=O)NCC(=O)OC)C(=O)c1ccccc1. The number of hydrogen-bond donors (Lipinski definition) is 10. The molecule has 24 nitrogen and oxygen atoms in total. The van der Waals surface area contributed by atoms with E-state index in [1.165, 1.54) is 34.1 Å². The van der Waals surface area contributed by atoms with Crippen molar-refractivity contribution in [3.8, 4) is 0 Å². The molecule has 4 amide bonds. The monoisotopic (exact) mass is 966 g/mol. The lowest BCUT2D eigenvalue weighted by Gasteiger charge is -2.40. The number of nitrogens with zero attached hydrogens (tertiary/aromatic N) is 2. The average molecular weight is 967 g/mol. The lowest BCUT2D eigenvalue weighted by atomic mass is 9.99. The maximum atomic E-state index is 14.2. The van der Waals surface area contributed by atoms with Crippen molar-refractivity contribution in [3.63, 3.8) is 0 Å². The summed E-state index contributed by atoms with van der Waals surface area (Å²) < 4.78 is 31.7. The molecule has 2 unspecified atom stereocenters. The molecule has 68 heavy (non-hydrogen) atoms. The second-order valence-electron chi connectivity index (χ2n) is 15.8. The Morgan fingerprint density at radius 3 is 1.22 bits per heavy atom. The molecule has 0 aromatic heterocycles. The van der Waals surface area contributed by atoms with Gasteiger partial charge in [0.15, 0.2) is 12.6 Å². The molecule has 2 heterocycles. The third kappa shape index (κ3) is 15.1. The second-order valence-corrected chi connectivity index (χ2v) is 15.8. The molecule has 0 spiro atoms. The lowest BCUT2D eigenvalue weighted by molar-refractivity contribution is -0.302. The Balaban J connectivity index is 1.56. The van der Waals surface area contributed by atoms with Crippen LogP contribution in [0.1, 0.15) is 46.4 Å². The summed E-state index contributed by atoms with van der Waals surface area (Å²) in [7, 11) is 2.21. The highest BCUT2D eigenvalue weighted by atomic mass is 16.7. The lowest BCUT2D eigenvalue weighted by Crippen LogP contribution is -2.60. The van der Waals surface area contributed by atoms with Gasteiger partial charge in [0.2, 0.25) is 11.8 Å². The Bertz CT molecular complexity index is 1780. The summed E-state index contributed by atoms with van der Waals surface area (Å²) in [6.07, 6.45) is -15.6. The summed E-state index contributed by atoms with van der Waals surface area (Å²) in [6, 6.07) is 12.8. The molecular weight excluding hydrogens is 904 g/mol. The number of methoxy groups -OCH3 is 2. The average Bonchev–Trinajstić information content (AvgIpc) is 3.36. The van der Waals surface area contributed by atoms with E-state index in [0.29, 0.717) is 12.8 Å². The second kappa shape index (κ2) is 27.7. The van der Waals surface area contributed by atoms with Gasteiger partial charge >= 0.3 is 11.9 Å². The Hall–Kier alpha value is -5.22. The third-order valence-corrected chi connectivity index (χ3v) is 11.3. The van der Waals surface area contributed by atoms with Crippen molar-refractivity contribution in [2.75, 3.05) is 66.8 Å². The summed E-state index contributed by atoms with van der Waals surface area (Å²) >= 11 is 0. The van der Waals surface area contributed by atoms with Gasteiger partial charge in [0.05, 0.1) is 40.6 Å². The number of unbranched alkanes of at least 4 members (excludes halogenated alkanes) is 3. The first-order valence-electron chi connectivity index (χ1n) is 21.8. The van der Waals surface area contributed by atoms with Crippen LogP contribution >= 0.6 is 0 Å². The van der Waals surface area contributed by atoms with Gasteiger partial charge < -0.3 is 89.7 Å². The molecule has 2 aromatic rings. The zero-order valence-corrected chi connectivity index (χ0v) is 37.6. The highest BCUT2D eigenvalue weighted by Gasteiger charge is 2.46. The van der Waals surface area contributed by atoms with Crippen LogP contribution in [0.2, 0.25) is 0 Å². The third-order valence-electron chi connectivity index (χ3n) is 11.3. The van der Waals surface area contributed by atoms with Crippen LogP contribution in [0.3, 0.4) is 0 Å². The Labute approximate surface area is 391 Å². The van der Waals surface area contributed by atoms with Gasteiger partial charge in [-0.1, -0.05) is 49.2 Å². The van der Waals surface area contributed by atoms with Gasteiger partial charge in [-0.15, -0.1) is 0 Å². The van der Waals surface area contributed by atoms with Gasteiger partial charge in [-0.25, -0.2) is 0 Å². The van der Waals surface area contributed by atoms with Gasteiger partial charge in [0.1, 0.15) is 74.0 Å². The van der Waals surface area contributed by atoms with Crippen molar-refractivity contribution in [3.05, 3.63) is 71.8 Å². The molecule has 2 fully saturated rings. The maximum Gasteiger partial charge on any atom is 0.325 e. The summed E-state index contributed by atoms with van der Waals surface area (Å²) in [6.45, 7) is -4.27. The van der Waals surface area contributed by atoms with Crippen LogP contribution in [0.4, 0.5) is 0 Å². The van der Waals surface area contributed by atoms with Crippen molar-refractivity contribution >= 4 is 35.6 Å². The molecular formula is C44H62N4O20. The molecule has 2 aliphatic heterocycles. The zero-order chi connectivity index (χ0) is 49.9. The van der Waals surface area contributed by atoms with E-state index in [4.69, 9.17) is 18.9 Å². The minimum Gasteiger partial charge on any atom is -0.468 e. The summed E-state index contributed by atoms with van der Waals surface area (Å²) in [5, 5.41) is 86.6. The smallest absolute Gasteiger partial charge is 0.325 e. The van der Waals surface area contributed by atoms with Crippen molar-refractivity contribution < 1.29 is 98.0 Å². The van der Waals surface area contributed by atoms with E-state index in [2.05, 4.69) is 20.1 Å². The first kappa shape index (κ1) is 55.4. The number of carbonyl (C=O) groups excluding carboxylic acids is 6. The Kier molecular flexibility index (Phi) is 22.6. The van der Waals surface area contributed by atoms with Crippen molar-refractivity contribution in [2.45, 2.75) is 99.2 Å². The quantitative estimate of drug-likeness (QED) is 0.0333. The predicted octanol–water partition coefficient (Wildman–Crippen LogP) is -4.22. The van der Waals surface area contributed by atoms with Gasteiger partial charge in [0.25, 0.3) is 11.8 Å². The fourth-order valence-electron chi connectivity index (χ4n) is 7.30. The topological polar surface area (TPSA) is 350 Å². The number of aliphatic hydroxyl groups is 8. The highest BCUT2D eigenvalue weighted by molar-refractivity contribution is 5.99. The van der Waals surface area contributed by atoms with E-state index in [-0.39, 0.29) is 37.1 Å². The molecule has 0 radical (unpaired) electrons. The minimum atomic E-state index is -1.84. The standard InChI is InChI=1S/C44H62N4O20/c1-63-31(51)19-45-39(59)27(23-65-43-37(57)35(55)33(53)29(21-49)67-43)47(41(61)25-13-7-5-8-14-25)17-11-3-4-12-18-48(42(62)26-15-9-6-10-16-26)28(40(60)46-20-32(52)64-2)24-66-44-38(58)36(56)34(54)30(22-50)68-44/h5-10,13-16,27-30,33-38,43-44,49-50,53-58H,3-4,11-12,17-24H2,1-2H3,(H,45,59)(H,46,60)/t27?,28?,29-,30-,33-,34-,35+,36+,37+,38+,43+,44+/m1/s1. The molecule has 4 rings (SSSR count). The number of aliphatic hydroxyl groups excluding tert-OH is 8. The van der Waals surface area contributed by atoms with E-state index in [9.17, 15) is 69.6 Å². The fraction of sp³-hybridized carbons (Fsp3) is 0.591. The number of amides is 4. The van der Waals surface area contributed by atoms with Gasteiger partial charge in [-0.3, -0.25) is 28.8 Å². The molecule has 10 N–H and O–H groups in total. The minimum absolute atomic E-state index is 0.111. The van der Waals surface area contributed by atoms with Gasteiger partial charge in [-0.2, -0.15) is 0 Å². The van der Waals surface area contributed by atoms with E-state index in [1.807, 2.05) is 0 Å². The molecule has 2 saturated heterocycles. The predicted molar refractivity (Wildman–Crippen MR) is 230 cm³/mol. The summed E-state index contributed by atoms with van der Waals surface area (Å²) in [5.74, 6) is -4.64. The van der Waals surface area contributed by atoms with Crippen LogP contribution in [0.25, 0.3) is 0 Å². The first-order valence-corrected chi connectivity index (χ1v) is 21.8. The van der Waals surface area contributed by atoms with E-state index >= 15 is 0 Å². The normalized spacial score (nSPS) is 25.6. The molecule has 0 aliphatic carbocycles. The molecule has 12 atom stereocenters. The maximum absolute atomic E-state index is 14.2. The van der Waals surface area contributed by atoms with Crippen LogP contribution in [0.15, 0.2) is 60.7 Å². The van der Waals surface area contributed by atoms with Crippen LogP contribution < -0.4 is 10.6 Å². The number of ether oxygens (including phenoxy) is 6. The number of nitrogens with one attached hydrogen (secondary N) is 2. The van der Waals surface area contributed by atoms with Gasteiger partial charge in [0, 0.05) is 24.2 Å². The summed E-state index contributed by atoms with van der Waals surface area (Å²) in [4.78, 5) is 82.3. The van der Waals surface area contributed by atoms with Crippen LogP contribution in [-0.2, 0) is 47.6 Å². The number of hydrogen-bond acceptors (Lipinski definition) is 20. The van der Waals surface area contributed by atoms with Crippen LogP contribution in [0, 0.1) is 0 Å². The number of esters is 2. The molecule has 2 aromatic carbocycles. The Morgan fingerprint density at radius 1 is 0.544 bits per heavy atom. The number of carbonyl (C=O) groups is 6. The van der Waals surface area contributed by atoms with Crippen LogP contribution in [0.5, 0.6) is 0 Å². The largest absolute Gasteiger partial charge is 0.468 e. The first-order chi connectivity index (χ1) is 32.6. The van der Waals surface area contributed by atoms with Crippen LogP contribution in [-0.4, -0.2) is 227 Å². The molecule has 0 saturated carbocycles. The van der Waals surface area contributed by atoms with Crippen molar-refractivity contribution in [1.29, 1.82) is 0 Å².